The molecule has 2 rings (SSSR count). The molecule has 0 spiro atoms. The molecule has 1 aromatic rings. The fourth-order valence-corrected chi connectivity index (χ4v) is 2.56. The molecule has 0 aliphatic heterocycles. The minimum absolute atomic E-state index is 0.0385. The van der Waals surface area contributed by atoms with Crippen molar-refractivity contribution < 1.29 is 14.8 Å². The molecule has 0 bridgehead atoms. The fraction of sp³-hybridized carbons (Fsp3) is 0.533. The molecule has 0 saturated heterocycles. The molecular formula is C15H20ClN3O4. The Bertz CT molecular complexity index is 578. The molecule has 1 aromatic carbocycles. The zero-order chi connectivity index (χ0) is 16.8. The van der Waals surface area contributed by atoms with E-state index in [1.165, 1.54) is 12.1 Å². The molecule has 8 heteroatoms. The quantitative estimate of drug-likeness (QED) is 0.408. The number of aliphatic hydroxyl groups is 1. The van der Waals surface area contributed by atoms with Gasteiger partial charge < -0.3 is 10.4 Å². The SMILES string of the molecule is O=C(CN(CCCCO)C1CC1)Nc1ccc(Cl)c([N+](=O)[O-])c1. The minimum atomic E-state index is -0.580. The van der Waals surface area contributed by atoms with Gasteiger partial charge in [-0.2, -0.15) is 0 Å². The number of unbranched alkanes of at least 4 members (excludes halogenated alkanes) is 1. The number of nitrogens with zero attached hydrogens (tertiary/aromatic N) is 2. The number of aliphatic hydroxyl groups excluding tert-OH is 1. The van der Waals surface area contributed by atoms with E-state index < -0.39 is 4.92 Å². The second kappa shape index (κ2) is 8.24. The highest BCUT2D eigenvalue weighted by molar-refractivity contribution is 6.32. The molecular weight excluding hydrogens is 322 g/mol. The lowest BCUT2D eigenvalue weighted by atomic mass is 10.2. The van der Waals surface area contributed by atoms with E-state index >= 15 is 0 Å². The van der Waals surface area contributed by atoms with Crippen molar-refractivity contribution in [2.75, 3.05) is 25.0 Å². The molecule has 0 atom stereocenters. The number of amides is 1. The van der Waals surface area contributed by atoms with Gasteiger partial charge in [-0.25, -0.2) is 0 Å². The highest BCUT2D eigenvalue weighted by atomic mass is 35.5. The zero-order valence-corrected chi connectivity index (χ0v) is 13.5. The van der Waals surface area contributed by atoms with Crippen molar-refractivity contribution in [3.05, 3.63) is 33.3 Å². The Labute approximate surface area is 139 Å². The predicted molar refractivity (Wildman–Crippen MR) is 87.7 cm³/mol. The highest BCUT2D eigenvalue weighted by Gasteiger charge is 2.29. The first-order valence-electron chi connectivity index (χ1n) is 7.60. The Kier molecular flexibility index (Phi) is 6.32. The van der Waals surface area contributed by atoms with Crippen molar-refractivity contribution in [1.82, 2.24) is 4.90 Å². The summed E-state index contributed by atoms with van der Waals surface area (Å²) in [4.78, 5) is 24.5. The number of carbonyl (C=O) groups is 1. The molecule has 0 aromatic heterocycles. The summed E-state index contributed by atoms with van der Waals surface area (Å²) in [7, 11) is 0. The minimum Gasteiger partial charge on any atom is -0.396 e. The third kappa shape index (κ3) is 5.46. The van der Waals surface area contributed by atoms with Crippen molar-refractivity contribution in [1.29, 1.82) is 0 Å². The summed E-state index contributed by atoms with van der Waals surface area (Å²) < 4.78 is 0. The summed E-state index contributed by atoms with van der Waals surface area (Å²) in [5, 5.41) is 22.4. The van der Waals surface area contributed by atoms with Crippen LogP contribution in [0.3, 0.4) is 0 Å². The van der Waals surface area contributed by atoms with E-state index in [9.17, 15) is 14.9 Å². The maximum absolute atomic E-state index is 12.1. The lowest BCUT2D eigenvalue weighted by Crippen LogP contribution is -2.35. The molecule has 1 aliphatic carbocycles. The number of nitro benzene ring substituents is 1. The van der Waals surface area contributed by atoms with Gasteiger partial charge >= 0.3 is 0 Å². The highest BCUT2D eigenvalue weighted by Crippen LogP contribution is 2.28. The van der Waals surface area contributed by atoms with E-state index in [2.05, 4.69) is 10.2 Å². The smallest absolute Gasteiger partial charge is 0.289 e. The molecule has 0 radical (unpaired) electrons. The third-order valence-corrected chi connectivity index (χ3v) is 4.01. The average molecular weight is 342 g/mol. The maximum Gasteiger partial charge on any atom is 0.289 e. The average Bonchev–Trinajstić information content (AvgIpc) is 3.33. The number of nitrogens with one attached hydrogen (secondary N) is 1. The van der Waals surface area contributed by atoms with Gasteiger partial charge in [-0.3, -0.25) is 19.8 Å². The van der Waals surface area contributed by atoms with E-state index in [-0.39, 0.29) is 29.8 Å². The molecule has 2 N–H and O–H groups in total. The summed E-state index contributed by atoms with van der Waals surface area (Å²) in [6, 6.07) is 4.63. The monoisotopic (exact) mass is 341 g/mol. The van der Waals surface area contributed by atoms with E-state index in [1.807, 2.05) is 0 Å². The van der Waals surface area contributed by atoms with E-state index in [4.69, 9.17) is 16.7 Å². The summed E-state index contributed by atoms with van der Waals surface area (Å²) in [6.45, 7) is 1.16. The molecule has 23 heavy (non-hydrogen) atoms. The molecule has 7 nitrogen and oxygen atoms in total. The van der Waals surface area contributed by atoms with E-state index in [0.29, 0.717) is 18.2 Å². The van der Waals surface area contributed by atoms with Gasteiger partial charge in [0.05, 0.1) is 11.5 Å². The summed E-state index contributed by atoms with van der Waals surface area (Å²) >= 11 is 5.75. The third-order valence-electron chi connectivity index (χ3n) is 3.69. The molecule has 0 unspecified atom stereocenters. The van der Waals surface area contributed by atoms with Gasteiger partial charge in [0.25, 0.3) is 5.69 Å². The summed E-state index contributed by atoms with van der Waals surface area (Å²) in [5.41, 5.74) is 0.128. The number of carbonyl (C=O) groups excluding carboxylic acids is 1. The maximum atomic E-state index is 12.1. The van der Waals surface area contributed by atoms with Gasteiger partial charge in [-0.1, -0.05) is 11.6 Å². The largest absolute Gasteiger partial charge is 0.396 e. The number of benzene rings is 1. The van der Waals surface area contributed by atoms with E-state index in [1.54, 1.807) is 6.07 Å². The van der Waals surface area contributed by atoms with Crippen LogP contribution >= 0.6 is 11.6 Å². The normalized spacial score (nSPS) is 14.0. The van der Waals surface area contributed by atoms with Crippen molar-refractivity contribution in [2.24, 2.45) is 0 Å². The van der Waals surface area contributed by atoms with Gasteiger partial charge in [0.15, 0.2) is 0 Å². The van der Waals surface area contributed by atoms with Gasteiger partial charge in [0.2, 0.25) is 5.91 Å². The Morgan fingerprint density at radius 3 is 2.78 bits per heavy atom. The second-order valence-corrected chi connectivity index (χ2v) is 6.01. The predicted octanol–water partition coefficient (Wildman–Crippen LogP) is 2.42. The standard InChI is InChI=1S/C15H20ClN3O4/c16-13-6-3-11(9-14(13)19(22)23)17-15(21)10-18(12-4-5-12)7-1-2-8-20/h3,6,9,12,20H,1-2,4-5,7-8,10H2,(H,17,21). The van der Waals surface area contributed by atoms with Crippen molar-refractivity contribution in [2.45, 2.75) is 31.7 Å². The van der Waals surface area contributed by atoms with Gasteiger partial charge in [-0.05, 0) is 44.4 Å². The number of rotatable bonds is 9. The molecule has 1 fully saturated rings. The molecule has 1 amide bonds. The number of hydrogen-bond donors (Lipinski definition) is 2. The van der Waals surface area contributed by atoms with Crippen LogP contribution in [0.25, 0.3) is 0 Å². The molecule has 1 aliphatic rings. The lowest BCUT2D eigenvalue weighted by molar-refractivity contribution is -0.384. The van der Waals surface area contributed by atoms with Gasteiger partial charge in [0.1, 0.15) is 5.02 Å². The van der Waals surface area contributed by atoms with Crippen LogP contribution in [0.1, 0.15) is 25.7 Å². The summed E-state index contributed by atoms with van der Waals surface area (Å²) in [6.07, 6.45) is 3.72. The van der Waals surface area contributed by atoms with Crippen molar-refractivity contribution in [3.63, 3.8) is 0 Å². The van der Waals surface area contributed by atoms with Crippen LogP contribution < -0.4 is 5.32 Å². The Hall–Kier alpha value is -1.70. The first-order valence-corrected chi connectivity index (χ1v) is 7.97. The van der Waals surface area contributed by atoms with Crippen LogP contribution in [0, 0.1) is 10.1 Å². The second-order valence-electron chi connectivity index (χ2n) is 5.60. The van der Waals surface area contributed by atoms with Crippen LogP contribution in [-0.2, 0) is 4.79 Å². The summed E-state index contributed by atoms with van der Waals surface area (Å²) in [5.74, 6) is -0.211. The Balaban J connectivity index is 1.92. The lowest BCUT2D eigenvalue weighted by Gasteiger charge is -2.21. The number of anilines is 1. The van der Waals surface area contributed by atoms with Crippen LogP contribution in [0.5, 0.6) is 0 Å². The zero-order valence-electron chi connectivity index (χ0n) is 12.7. The van der Waals surface area contributed by atoms with Gasteiger partial charge in [-0.15, -0.1) is 0 Å². The molecule has 0 heterocycles. The topological polar surface area (TPSA) is 95.7 Å². The van der Waals surface area contributed by atoms with Crippen LogP contribution in [0.15, 0.2) is 18.2 Å². The van der Waals surface area contributed by atoms with Crippen LogP contribution in [0.2, 0.25) is 5.02 Å². The number of halogens is 1. The van der Waals surface area contributed by atoms with Crippen molar-refractivity contribution in [3.8, 4) is 0 Å². The molecule has 126 valence electrons. The van der Waals surface area contributed by atoms with Crippen LogP contribution in [-0.4, -0.2) is 46.6 Å². The Morgan fingerprint density at radius 1 is 1.43 bits per heavy atom. The first-order chi connectivity index (χ1) is 11.0. The number of nitro groups is 1. The number of hydrogen-bond acceptors (Lipinski definition) is 5. The molecule has 1 saturated carbocycles. The first kappa shape index (κ1) is 17.7. The van der Waals surface area contributed by atoms with E-state index in [0.717, 1.165) is 25.8 Å². The van der Waals surface area contributed by atoms with Crippen LogP contribution in [0.4, 0.5) is 11.4 Å². The Morgan fingerprint density at radius 2 is 2.17 bits per heavy atom. The fourth-order valence-electron chi connectivity index (χ4n) is 2.37. The van der Waals surface area contributed by atoms with Gasteiger partial charge in [0, 0.05) is 24.4 Å². The van der Waals surface area contributed by atoms with Crippen molar-refractivity contribution >= 4 is 28.9 Å².